The number of aliphatic hydroxyl groups is 1. The fourth-order valence-corrected chi connectivity index (χ4v) is 10.3. The Balaban J connectivity index is 1.25. The SMILES string of the molecule is C/C=C/C(=O)OC1C2OC3(OCC45CC6C(C)CCC6C6(C=O)CC4C=C(C(C)C)C65C(=O)O)OC2OC1C3O. The smallest absolute Gasteiger partial charge is 0.330 e. The molecule has 8 bridgehead atoms. The molecule has 10 nitrogen and oxygen atoms in total. The molecule has 0 radical (unpaired) electrons. The second-order valence-corrected chi connectivity index (χ2v) is 13.4. The first-order valence-corrected chi connectivity index (χ1v) is 14.6. The summed E-state index contributed by atoms with van der Waals surface area (Å²) < 4.78 is 29.8. The monoisotopic (exact) mass is 558 g/mol. The van der Waals surface area contributed by atoms with Gasteiger partial charge in [-0.05, 0) is 55.8 Å². The Morgan fingerprint density at radius 3 is 2.65 bits per heavy atom. The van der Waals surface area contributed by atoms with E-state index in [9.17, 15) is 24.6 Å². The molecule has 0 aromatic rings. The average Bonchev–Trinajstić information content (AvgIpc) is 3.63. The number of hydrogen-bond donors (Lipinski definition) is 2. The lowest BCUT2D eigenvalue weighted by molar-refractivity contribution is -0.447. The van der Waals surface area contributed by atoms with Gasteiger partial charge in [-0.15, -0.1) is 0 Å². The Morgan fingerprint density at radius 2 is 1.98 bits per heavy atom. The molecule has 13 atom stereocenters. The molecule has 0 aromatic carbocycles. The van der Waals surface area contributed by atoms with Gasteiger partial charge in [-0.2, -0.15) is 0 Å². The molecular weight excluding hydrogens is 520 g/mol. The van der Waals surface area contributed by atoms with Gasteiger partial charge >= 0.3 is 17.9 Å². The second-order valence-electron chi connectivity index (χ2n) is 13.4. The van der Waals surface area contributed by atoms with Crippen molar-refractivity contribution in [3.8, 4) is 0 Å². The number of allylic oxidation sites excluding steroid dienone is 2. The minimum Gasteiger partial charge on any atom is -0.481 e. The summed E-state index contributed by atoms with van der Waals surface area (Å²) in [4.78, 5) is 39.0. The number of ether oxygens (including phenoxy) is 5. The van der Waals surface area contributed by atoms with Crippen molar-refractivity contribution >= 4 is 18.2 Å². The summed E-state index contributed by atoms with van der Waals surface area (Å²) in [5, 5.41) is 22.5. The summed E-state index contributed by atoms with van der Waals surface area (Å²) in [7, 11) is 0. The lowest BCUT2D eigenvalue weighted by Crippen LogP contribution is -2.66. The van der Waals surface area contributed by atoms with Crippen LogP contribution in [0.3, 0.4) is 0 Å². The van der Waals surface area contributed by atoms with Crippen LogP contribution in [0.5, 0.6) is 0 Å². The van der Waals surface area contributed by atoms with E-state index in [4.69, 9.17) is 23.7 Å². The highest BCUT2D eigenvalue weighted by molar-refractivity contribution is 5.90. The molecule has 0 amide bonds. The van der Waals surface area contributed by atoms with Crippen LogP contribution in [-0.4, -0.2) is 71.7 Å². The third-order valence-electron chi connectivity index (χ3n) is 11.7. The number of fused-ring (bicyclic) bond motifs is 2. The van der Waals surface area contributed by atoms with Crippen molar-refractivity contribution in [3.63, 3.8) is 0 Å². The van der Waals surface area contributed by atoms with Gasteiger partial charge in [-0.3, -0.25) is 9.53 Å². The molecule has 0 spiro atoms. The van der Waals surface area contributed by atoms with Gasteiger partial charge < -0.3 is 34.0 Å². The van der Waals surface area contributed by atoms with Gasteiger partial charge in [0, 0.05) is 11.5 Å². The molecule has 4 aliphatic heterocycles. The number of aliphatic hydroxyl groups excluding tert-OH is 1. The number of carbonyl (C=O) groups is 3. The molecule has 10 heteroatoms. The quantitative estimate of drug-likeness (QED) is 0.198. The number of carboxylic acids is 1. The molecule has 218 valence electrons. The molecule has 0 aromatic heterocycles. The van der Waals surface area contributed by atoms with Crippen molar-refractivity contribution in [2.45, 2.75) is 90.1 Å². The highest BCUT2D eigenvalue weighted by atomic mass is 17.0. The van der Waals surface area contributed by atoms with Gasteiger partial charge in [0.25, 0.3) is 0 Å². The third kappa shape index (κ3) is 2.85. The molecule has 2 N–H and O–H groups in total. The summed E-state index contributed by atoms with van der Waals surface area (Å²) in [6, 6.07) is 0. The van der Waals surface area contributed by atoms with Crippen molar-refractivity contribution in [1.82, 2.24) is 0 Å². The normalized spacial score (nSPS) is 53.0. The minimum absolute atomic E-state index is 0.00660. The lowest BCUT2D eigenvalue weighted by Gasteiger charge is -2.58. The lowest BCUT2D eigenvalue weighted by atomic mass is 9.43. The molecule has 7 fully saturated rings. The minimum atomic E-state index is -1.88. The predicted octanol–water partition coefficient (Wildman–Crippen LogP) is 2.58. The highest BCUT2D eigenvalue weighted by Gasteiger charge is 2.85. The molecule has 4 aliphatic carbocycles. The van der Waals surface area contributed by atoms with E-state index in [1.165, 1.54) is 6.08 Å². The van der Waals surface area contributed by atoms with Crippen LogP contribution in [0.1, 0.15) is 53.4 Å². The Hall–Kier alpha value is -2.11. The zero-order valence-corrected chi connectivity index (χ0v) is 23.3. The van der Waals surface area contributed by atoms with Gasteiger partial charge in [0.1, 0.15) is 17.8 Å². The highest BCUT2D eigenvalue weighted by Crippen LogP contribution is 2.82. The van der Waals surface area contributed by atoms with Crippen LogP contribution < -0.4 is 0 Å². The molecule has 4 heterocycles. The zero-order chi connectivity index (χ0) is 28.4. The first-order valence-electron chi connectivity index (χ1n) is 14.6. The van der Waals surface area contributed by atoms with Crippen LogP contribution in [-0.2, 0) is 38.1 Å². The molecule has 8 rings (SSSR count). The largest absolute Gasteiger partial charge is 0.481 e. The molecule has 4 saturated heterocycles. The van der Waals surface area contributed by atoms with Crippen LogP contribution in [0.2, 0.25) is 0 Å². The van der Waals surface area contributed by atoms with E-state index >= 15 is 0 Å². The Labute approximate surface area is 233 Å². The fourth-order valence-electron chi connectivity index (χ4n) is 10.3. The number of carboxylic acid groups (broad SMARTS) is 1. The molecular formula is C30H38O10. The molecule has 40 heavy (non-hydrogen) atoms. The second kappa shape index (κ2) is 8.47. The first-order chi connectivity index (χ1) is 19.0. The molecule has 13 unspecified atom stereocenters. The van der Waals surface area contributed by atoms with Gasteiger partial charge in [-0.25, -0.2) is 4.79 Å². The number of aliphatic carboxylic acids is 1. The van der Waals surface area contributed by atoms with Crippen LogP contribution in [0.25, 0.3) is 0 Å². The van der Waals surface area contributed by atoms with Crippen LogP contribution in [0.4, 0.5) is 0 Å². The first kappa shape index (κ1) is 26.8. The number of carbonyl (C=O) groups excluding carboxylic acids is 2. The summed E-state index contributed by atoms with van der Waals surface area (Å²) >= 11 is 0. The van der Waals surface area contributed by atoms with Crippen molar-refractivity contribution in [3.05, 3.63) is 23.8 Å². The van der Waals surface area contributed by atoms with Crippen LogP contribution >= 0.6 is 0 Å². The van der Waals surface area contributed by atoms with Crippen molar-refractivity contribution in [2.75, 3.05) is 6.61 Å². The molecule has 8 aliphatic rings. The summed E-state index contributed by atoms with van der Waals surface area (Å²) in [5.74, 6) is -3.09. The maximum atomic E-state index is 13.6. The summed E-state index contributed by atoms with van der Waals surface area (Å²) in [6.07, 6.45) is 3.89. The van der Waals surface area contributed by atoms with Crippen molar-refractivity contribution < 1.29 is 48.3 Å². The van der Waals surface area contributed by atoms with Crippen molar-refractivity contribution in [2.24, 2.45) is 45.8 Å². The van der Waals surface area contributed by atoms with Crippen LogP contribution in [0, 0.1) is 45.8 Å². The van der Waals surface area contributed by atoms with E-state index < -0.39 is 64.9 Å². The van der Waals surface area contributed by atoms with E-state index in [1.807, 2.05) is 13.8 Å². The maximum absolute atomic E-state index is 13.6. The topological polar surface area (TPSA) is 138 Å². The van der Waals surface area contributed by atoms with Gasteiger partial charge in [-0.1, -0.05) is 44.9 Å². The Kier molecular flexibility index (Phi) is 5.67. The number of aldehydes is 1. The van der Waals surface area contributed by atoms with E-state index in [0.29, 0.717) is 18.8 Å². The number of esters is 1. The fraction of sp³-hybridized carbons (Fsp3) is 0.767. The standard InChI is InChI=1S/C30H38O10/c1-5-6-20(32)37-21-22-24(33)30(39-23(21)25(38-22)40-30)36-13-28-11-17-15(4)7-8-18(17)27(12-31)10-16(28)9-19(14(2)3)29(27,28)26(34)35/h5-6,9,12,14-18,21-25,33H,7-8,10-11,13H2,1-4H3,(H,34,35)/b6-5+. The van der Waals surface area contributed by atoms with E-state index in [1.54, 1.807) is 13.0 Å². The molecule has 3 saturated carbocycles. The van der Waals surface area contributed by atoms with E-state index in [0.717, 1.165) is 24.7 Å². The Morgan fingerprint density at radius 1 is 1.20 bits per heavy atom. The van der Waals surface area contributed by atoms with Crippen LogP contribution in [0.15, 0.2) is 23.8 Å². The third-order valence-corrected chi connectivity index (χ3v) is 11.7. The zero-order valence-electron chi connectivity index (χ0n) is 23.3. The number of hydrogen-bond acceptors (Lipinski definition) is 9. The van der Waals surface area contributed by atoms with Crippen molar-refractivity contribution in [1.29, 1.82) is 0 Å². The Bertz CT molecular complexity index is 1210. The van der Waals surface area contributed by atoms with E-state index in [2.05, 4.69) is 13.0 Å². The van der Waals surface area contributed by atoms with Gasteiger partial charge in [0.15, 0.2) is 24.6 Å². The summed E-state index contributed by atoms with van der Waals surface area (Å²) in [5.41, 5.74) is -2.53. The van der Waals surface area contributed by atoms with Gasteiger partial charge in [0.2, 0.25) is 0 Å². The maximum Gasteiger partial charge on any atom is 0.330 e. The predicted molar refractivity (Wildman–Crippen MR) is 136 cm³/mol. The van der Waals surface area contributed by atoms with Gasteiger partial charge in [0.05, 0.1) is 12.0 Å². The number of rotatable bonds is 8. The average molecular weight is 559 g/mol. The van der Waals surface area contributed by atoms with E-state index in [-0.39, 0.29) is 30.3 Å². The summed E-state index contributed by atoms with van der Waals surface area (Å²) in [6.45, 7) is 7.82.